The fourth-order valence-corrected chi connectivity index (χ4v) is 6.78. The average Bonchev–Trinajstić information content (AvgIpc) is 3.54. The van der Waals surface area contributed by atoms with E-state index in [-0.39, 0.29) is 17.1 Å². The van der Waals surface area contributed by atoms with Gasteiger partial charge in [0.25, 0.3) is 0 Å². The van der Waals surface area contributed by atoms with E-state index in [0.29, 0.717) is 26.2 Å². The molecule has 1 aromatic heterocycles. The molecule has 0 unspecified atom stereocenters. The van der Waals surface area contributed by atoms with Gasteiger partial charge in [-0.05, 0) is 71.4 Å². The van der Waals surface area contributed by atoms with Crippen LogP contribution in [0.15, 0.2) is 109 Å². The highest BCUT2D eigenvalue weighted by molar-refractivity contribution is 7.17. The van der Waals surface area contributed by atoms with Gasteiger partial charge < -0.3 is 4.90 Å². The number of ketones is 2. The van der Waals surface area contributed by atoms with E-state index in [1.54, 1.807) is 12.1 Å². The summed E-state index contributed by atoms with van der Waals surface area (Å²) in [6.45, 7) is 0. The lowest BCUT2D eigenvalue weighted by atomic mass is 10.0. The third-order valence-electron chi connectivity index (χ3n) is 7.23. The Kier molecular flexibility index (Phi) is 6.44. The topological polar surface area (TPSA) is 37.4 Å². The van der Waals surface area contributed by atoms with E-state index >= 15 is 0 Å². The Morgan fingerprint density at radius 1 is 0.610 bits per heavy atom. The molecule has 7 heteroatoms. The van der Waals surface area contributed by atoms with E-state index in [1.165, 1.54) is 11.3 Å². The number of allylic oxidation sites excluding steroid dienone is 1. The van der Waals surface area contributed by atoms with Crippen LogP contribution in [-0.4, -0.2) is 11.6 Å². The number of hydrogen-bond donors (Lipinski definition) is 0. The Morgan fingerprint density at radius 2 is 1.24 bits per heavy atom. The van der Waals surface area contributed by atoms with E-state index < -0.39 is 0 Å². The fraction of sp³-hybridized carbons (Fsp3) is 0. The monoisotopic (exact) mass is 609 g/mol. The van der Waals surface area contributed by atoms with Gasteiger partial charge in [-0.2, -0.15) is 0 Å². The van der Waals surface area contributed by atoms with Crippen molar-refractivity contribution >= 4 is 102 Å². The highest BCUT2D eigenvalue weighted by Gasteiger charge is 2.33. The van der Waals surface area contributed by atoms with Crippen molar-refractivity contribution in [3.8, 4) is 0 Å². The molecular weight excluding hydrogens is 593 g/mol. The van der Waals surface area contributed by atoms with Crippen molar-refractivity contribution in [1.82, 2.24) is 0 Å². The molecule has 7 rings (SSSR count). The lowest BCUT2D eigenvalue weighted by Crippen LogP contribution is -2.09. The van der Waals surface area contributed by atoms with Crippen LogP contribution in [0.1, 0.15) is 25.6 Å². The van der Waals surface area contributed by atoms with Crippen LogP contribution in [0.4, 0.5) is 16.4 Å². The fourth-order valence-electron chi connectivity index (χ4n) is 5.27. The second-order valence-corrected chi connectivity index (χ2v) is 12.0. The van der Waals surface area contributed by atoms with Gasteiger partial charge in [0.1, 0.15) is 5.00 Å². The predicted octanol–water partition coefficient (Wildman–Crippen LogP) is 10.9. The summed E-state index contributed by atoms with van der Waals surface area (Å²) < 4.78 is 0. The average molecular weight is 611 g/mol. The highest BCUT2D eigenvalue weighted by Crippen LogP contribution is 2.45. The van der Waals surface area contributed by atoms with Gasteiger partial charge in [0, 0.05) is 37.5 Å². The molecule has 198 valence electrons. The van der Waals surface area contributed by atoms with Crippen LogP contribution in [-0.2, 0) is 0 Å². The number of hydrogen-bond acceptors (Lipinski definition) is 4. The number of carbonyl (C=O) groups is 2. The van der Waals surface area contributed by atoms with E-state index in [2.05, 4.69) is 4.90 Å². The Bertz CT molecular complexity index is 2040. The zero-order valence-corrected chi connectivity index (χ0v) is 24.3. The molecule has 0 atom stereocenters. The summed E-state index contributed by atoms with van der Waals surface area (Å²) in [7, 11) is 0. The van der Waals surface area contributed by atoms with Crippen LogP contribution in [0.25, 0.3) is 27.6 Å². The molecule has 0 aliphatic heterocycles. The van der Waals surface area contributed by atoms with Crippen LogP contribution in [0.3, 0.4) is 0 Å². The number of rotatable bonds is 4. The molecule has 0 radical (unpaired) electrons. The highest BCUT2D eigenvalue weighted by atomic mass is 35.5. The number of Topliss-reactive ketones (excluding diaryl/α,β-unsaturated/α-hetero) is 2. The largest absolute Gasteiger partial charge is 0.301 e. The minimum absolute atomic E-state index is 0.168. The van der Waals surface area contributed by atoms with Gasteiger partial charge in [0.15, 0.2) is 11.6 Å². The molecule has 0 fully saturated rings. The summed E-state index contributed by atoms with van der Waals surface area (Å²) in [5.41, 5.74) is 2.77. The van der Waals surface area contributed by atoms with Gasteiger partial charge in [0.2, 0.25) is 0 Å². The quantitative estimate of drug-likeness (QED) is 0.147. The maximum atomic E-state index is 13.4. The minimum Gasteiger partial charge on any atom is -0.301 e. The van der Waals surface area contributed by atoms with Crippen molar-refractivity contribution in [2.24, 2.45) is 0 Å². The molecule has 1 heterocycles. The summed E-state index contributed by atoms with van der Waals surface area (Å²) in [5.74, 6) is -0.508. The first-order valence-electron chi connectivity index (χ1n) is 12.8. The molecule has 1 aliphatic rings. The van der Waals surface area contributed by atoms with E-state index in [9.17, 15) is 9.59 Å². The normalized spacial score (nSPS) is 12.8. The van der Waals surface area contributed by atoms with Gasteiger partial charge in [0.05, 0.1) is 21.3 Å². The predicted molar refractivity (Wildman–Crippen MR) is 172 cm³/mol. The molecule has 5 aromatic carbocycles. The van der Waals surface area contributed by atoms with Crippen LogP contribution >= 0.6 is 46.1 Å². The summed E-state index contributed by atoms with van der Waals surface area (Å²) >= 11 is 20.7. The first-order chi connectivity index (χ1) is 19.9. The van der Waals surface area contributed by atoms with E-state index in [1.807, 2.05) is 97.1 Å². The zero-order chi connectivity index (χ0) is 28.2. The second-order valence-electron chi connectivity index (χ2n) is 9.68. The lowest BCUT2D eigenvalue weighted by Gasteiger charge is -2.25. The molecule has 0 bridgehead atoms. The lowest BCUT2D eigenvalue weighted by molar-refractivity contribution is 0.0990. The van der Waals surface area contributed by atoms with Crippen molar-refractivity contribution in [3.05, 3.63) is 140 Å². The summed E-state index contributed by atoms with van der Waals surface area (Å²) in [6.07, 6.45) is 1.69. The molecule has 6 aromatic rings. The van der Waals surface area contributed by atoms with Crippen molar-refractivity contribution in [3.63, 3.8) is 0 Å². The SMILES string of the molecule is O=C1C(=Cc2ccc(N(c3ccc(Cl)c(Cl)c3)c3ccc(Cl)c4ccccc34)s2)C(=O)c2cc3ccccc3cc21. The summed E-state index contributed by atoms with van der Waals surface area (Å²) in [4.78, 5) is 29.6. The standard InChI is InChI=1S/C34H18Cl3NO2S/c35-28-12-13-31(24-8-4-3-7-23(24)28)38(21-9-11-29(36)30(37)17-21)32-14-10-22(41-32)18-27-33(39)25-15-19-5-1-2-6-20(19)16-26(25)34(27)40/h1-18H. The Hall–Kier alpha value is -3.93. The van der Waals surface area contributed by atoms with Crippen molar-refractivity contribution in [1.29, 1.82) is 0 Å². The molecule has 1 aliphatic carbocycles. The second kappa shape index (κ2) is 10.2. The minimum atomic E-state index is -0.254. The first kappa shape index (κ1) is 26.0. The van der Waals surface area contributed by atoms with E-state index in [4.69, 9.17) is 34.8 Å². The first-order valence-corrected chi connectivity index (χ1v) is 14.7. The smallest absolute Gasteiger partial charge is 0.197 e. The zero-order valence-electron chi connectivity index (χ0n) is 21.2. The van der Waals surface area contributed by atoms with Gasteiger partial charge in [-0.25, -0.2) is 0 Å². The third-order valence-corrected chi connectivity index (χ3v) is 9.32. The molecule has 3 nitrogen and oxygen atoms in total. The maximum Gasteiger partial charge on any atom is 0.197 e. The van der Waals surface area contributed by atoms with Crippen LogP contribution in [0.5, 0.6) is 0 Å². The molecule has 0 amide bonds. The molecular formula is C34H18Cl3NO2S. The number of carbonyl (C=O) groups excluding carboxylic acids is 2. The van der Waals surface area contributed by atoms with E-state index in [0.717, 1.165) is 42.8 Å². The molecule has 0 saturated carbocycles. The van der Waals surface area contributed by atoms with Crippen molar-refractivity contribution in [2.75, 3.05) is 4.90 Å². The van der Waals surface area contributed by atoms with Gasteiger partial charge >= 0.3 is 0 Å². The number of benzene rings is 5. The third kappa shape index (κ3) is 4.44. The maximum absolute atomic E-state index is 13.4. The van der Waals surface area contributed by atoms with Crippen LogP contribution < -0.4 is 4.90 Å². The van der Waals surface area contributed by atoms with Crippen LogP contribution in [0, 0.1) is 0 Å². The number of anilines is 3. The molecule has 41 heavy (non-hydrogen) atoms. The molecule has 0 spiro atoms. The van der Waals surface area contributed by atoms with Crippen molar-refractivity contribution < 1.29 is 9.59 Å². The van der Waals surface area contributed by atoms with Gasteiger partial charge in [-0.3, -0.25) is 9.59 Å². The Morgan fingerprint density at radius 3 is 1.93 bits per heavy atom. The number of thiophene rings is 1. The molecule has 0 saturated heterocycles. The number of halogens is 3. The summed E-state index contributed by atoms with van der Waals surface area (Å²) in [5, 5.41) is 6.14. The Labute approximate surface area is 254 Å². The number of fused-ring (bicyclic) bond motifs is 3. The summed E-state index contributed by atoms with van der Waals surface area (Å²) in [6, 6.07) is 32.5. The Balaban J connectivity index is 1.34. The van der Waals surface area contributed by atoms with Gasteiger partial charge in [-0.1, -0.05) is 83.3 Å². The number of nitrogens with zero attached hydrogens (tertiary/aromatic N) is 1. The van der Waals surface area contributed by atoms with Crippen LogP contribution in [0.2, 0.25) is 15.1 Å². The van der Waals surface area contributed by atoms with Crippen molar-refractivity contribution in [2.45, 2.75) is 0 Å². The molecule has 0 N–H and O–H groups in total. The van der Waals surface area contributed by atoms with Gasteiger partial charge in [-0.15, -0.1) is 11.3 Å².